The van der Waals surface area contributed by atoms with Crippen LogP contribution in [-0.4, -0.2) is 41.3 Å². The van der Waals surface area contributed by atoms with E-state index in [1.807, 2.05) is 4.90 Å². The predicted octanol–water partition coefficient (Wildman–Crippen LogP) is 0.753. The summed E-state index contributed by atoms with van der Waals surface area (Å²) >= 11 is 0. The SMILES string of the molecule is C[C@@H]1CCCN(C(=O)CCNC(=O)c2ccc[nH]c2=O)C1. The molecule has 0 spiro atoms. The summed E-state index contributed by atoms with van der Waals surface area (Å²) in [5, 5.41) is 2.61. The van der Waals surface area contributed by atoms with E-state index >= 15 is 0 Å². The number of nitrogens with zero attached hydrogens (tertiary/aromatic N) is 1. The van der Waals surface area contributed by atoms with Crippen molar-refractivity contribution in [3.63, 3.8) is 0 Å². The summed E-state index contributed by atoms with van der Waals surface area (Å²) in [7, 11) is 0. The van der Waals surface area contributed by atoms with Crippen LogP contribution in [0.25, 0.3) is 0 Å². The van der Waals surface area contributed by atoms with Crippen LogP contribution in [0, 0.1) is 5.92 Å². The molecule has 2 heterocycles. The van der Waals surface area contributed by atoms with Crippen molar-refractivity contribution in [1.29, 1.82) is 0 Å². The summed E-state index contributed by atoms with van der Waals surface area (Å²) in [6, 6.07) is 3.05. The van der Waals surface area contributed by atoms with Gasteiger partial charge < -0.3 is 15.2 Å². The van der Waals surface area contributed by atoms with Crippen molar-refractivity contribution >= 4 is 11.8 Å². The summed E-state index contributed by atoms with van der Waals surface area (Å²) < 4.78 is 0. The fraction of sp³-hybridized carbons (Fsp3) is 0.533. The van der Waals surface area contributed by atoms with Crippen molar-refractivity contribution in [1.82, 2.24) is 15.2 Å². The lowest BCUT2D eigenvalue weighted by atomic mass is 10.00. The summed E-state index contributed by atoms with van der Waals surface area (Å²) in [4.78, 5) is 39.6. The van der Waals surface area contributed by atoms with Crippen molar-refractivity contribution in [3.05, 3.63) is 34.2 Å². The van der Waals surface area contributed by atoms with Gasteiger partial charge in [-0.15, -0.1) is 0 Å². The molecule has 1 aromatic rings. The number of carbonyl (C=O) groups excluding carboxylic acids is 2. The Bertz CT molecular complexity index is 567. The third-order valence-corrected chi connectivity index (χ3v) is 3.70. The molecule has 1 atom stereocenters. The molecule has 0 aliphatic carbocycles. The number of H-pyrrole nitrogens is 1. The molecule has 1 fully saturated rings. The second-order valence-corrected chi connectivity index (χ2v) is 5.51. The molecule has 0 radical (unpaired) electrons. The number of hydrogen-bond acceptors (Lipinski definition) is 3. The Balaban J connectivity index is 1.79. The topological polar surface area (TPSA) is 82.3 Å². The molecular weight excluding hydrogens is 270 g/mol. The molecule has 2 amide bonds. The quantitative estimate of drug-likeness (QED) is 0.859. The number of aromatic amines is 1. The zero-order chi connectivity index (χ0) is 15.2. The summed E-state index contributed by atoms with van der Waals surface area (Å²) in [6.07, 6.45) is 3.94. The number of likely N-dealkylation sites (tertiary alicyclic amines) is 1. The van der Waals surface area contributed by atoms with E-state index in [-0.39, 0.29) is 24.4 Å². The standard InChI is InChI=1S/C15H21N3O3/c1-11-4-3-9-18(10-11)13(19)6-8-17-15(21)12-5-2-7-16-14(12)20/h2,5,7,11H,3-4,6,8-10H2,1H3,(H,16,20)(H,17,21)/t11-/m1/s1. The second kappa shape index (κ2) is 7.06. The van der Waals surface area contributed by atoms with Crippen LogP contribution in [0.15, 0.2) is 23.1 Å². The first-order valence-electron chi connectivity index (χ1n) is 7.31. The molecule has 0 bridgehead atoms. The molecule has 6 nitrogen and oxygen atoms in total. The maximum atomic E-state index is 12.0. The van der Waals surface area contributed by atoms with E-state index in [0.29, 0.717) is 5.92 Å². The summed E-state index contributed by atoms with van der Waals surface area (Å²) in [6.45, 7) is 3.99. The van der Waals surface area contributed by atoms with Gasteiger partial charge in [0.1, 0.15) is 5.56 Å². The highest BCUT2D eigenvalue weighted by molar-refractivity contribution is 5.93. The molecular formula is C15H21N3O3. The monoisotopic (exact) mass is 291 g/mol. The lowest BCUT2D eigenvalue weighted by Gasteiger charge is -2.31. The fourth-order valence-electron chi connectivity index (χ4n) is 2.55. The van der Waals surface area contributed by atoms with Crippen LogP contribution in [0.1, 0.15) is 36.5 Å². The van der Waals surface area contributed by atoms with Crippen molar-refractivity contribution in [2.24, 2.45) is 5.92 Å². The van der Waals surface area contributed by atoms with E-state index in [2.05, 4.69) is 17.2 Å². The van der Waals surface area contributed by atoms with Crippen LogP contribution in [0.3, 0.4) is 0 Å². The highest BCUT2D eigenvalue weighted by Gasteiger charge is 2.20. The number of aromatic nitrogens is 1. The molecule has 1 saturated heterocycles. The minimum atomic E-state index is -0.448. The van der Waals surface area contributed by atoms with Gasteiger partial charge in [0.2, 0.25) is 5.91 Å². The average Bonchev–Trinajstić information content (AvgIpc) is 2.47. The molecule has 2 N–H and O–H groups in total. The number of nitrogens with one attached hydrogen (secondary N) is 2. The van der Waals surface area contributed by atoms with Gasteiger partial charge in [0, 0.05) is 32.3 Å². The van der Waals surface area contributed by atoms with E-state index in [9.17, 15) is 14.4 Å². The van der Waals surface area contributed by atoms with Gasteiger partial charge >= 0.3 is 0 Å². The van der Waals surface area contributed by atoms with E-state index in [0.717, 1.165) is 25.9 Å². The van der Waals surface area contributed by atoms with Crippen molar-refractivity contribution < 1.29 is 9.59 Å². The number of rotatable bonds is 4. The lowest BCUT2D eigenvalue weighted by molar-refractivity contribution is -0.132. The van der Waals surface area contributed by atoms with Gasteiger partial charge in [0.05, 0.1) is 0 Å². The number of pyridine rings is 1. The van der Waals surface area contributed by atoms with E-state index in [1.165, 1.54) is 12.3 Å². The molecule has 0 unspecified atom stereocenters. The average molecular weight is 291 g/mol. The summed E-state index contributed by atoms with van der Waals surface area (Å²) in [5.41, 5.74) is -0.359. The zero-order valence-corrected chi connectivity index (χ0v) is 12.2. The van der Waals surface area contributed by atoms with Crippen molar-refractivity contribution in [2.75, 3.05) is 19.6 Å². The Morgan fingerprint density at radius 3 is 3.00 bits per heavy atom. The van der Waals surface area contributed by atoms with Crippen molar-refractivity contribution in [3.8, 4) is 0 Å². The van der Waals surface area contributed by atoms with Gasteiger partial charge in [-0.05, 0) is 30.9 Å². The highest BCUT2D eigenvalue weighted by atomic mass is 16.2. The normalized spacial score (nSPS) is 18.3. The van der Waals surface area contributed by atoms with Gasteiger partial charge in [0.15, 0.2) is 0 Å². The first-order chi connectivity index (χ1) is 10.1. The Labute approximate surface area is 123 Å². The van der Waals surface area contributed by atoms with Crippen LogP contribution in [-0.2, 0) is 4.79 Å². The molecule has 6 heteroatoms. The minimum Gasteiger partial charge on any atom is -0.351 e. The van der Waals surface area contributed by atoms with Crippen LogP contribution in [0.5, 0.6) is 0 Å². The molecule has 1 aliphatic heterocycles. The van der Waals surface area contributed by atoms with Crippen LogP contribution in [0.2, 0.25) is 0 Å². The van der Waals surface area contributed by atoms with Gasteiger partial charge in [-0.1, -0.05) is 6.92 Å². The Morgan fingerprint density at radius 2 is 2.29 bits per heavy atom. The fourth-order valence-corrected chi connectivity index (χ4v) is 2.55. The molecule has 21 heavy (non-hydrogen) atoms. The van der Waals surface area contributed by atoms with Gasteiger partial charge in [-0.2, -0.15) is 0 Å². The third kappa shape index (κ3) is 4.18. The number of hydrogen-bond donors (Lipinski definition) is 2. The molecule has 1 aliphatic rings. The largest absolute Gasteiger partial charge is 0.351 e. The van der Waals surface area contributed by atoms with E-state index in [4.69, 9.17) is 0 Å². The van der Waals surface area contributed by atoms with E-state index < -0.39 is 11.5 Å². The minimum absolute atomic E-state index is 0.0591. The molecule has 2 rings (SSSR count). The lowest BCUT2D eigenvalue weighted by Crippen LogP contribution is -2.40. The maximum absolute atomic E-state index is 12.0. The molecule has 1 aromatic heterocycles. The molecule has 0 saturated carbocycles. The predicted molar refractivity (Wildman–Crippen MR) is 79.0 cm³/mol. The third-order valence-electron chi connectivity index (χ3n) is 3.70. The highest BCUT2D eigenvalue weighted by Crippen LogP contribution is 2.15. The van der Waals surface area contributed by atoms with Gasteiger partial charge in [-0.3, -0.25) is 14.4 Å². The van der Waals surface area contributed by atoms with Gasteiger partial charge in [0.25, 0.3) is 11.5 Å². The first kappa shape index (κ1) is 15.3. The Kier molecular flexibility index (Phi) is 5.14. The molecule has 114 valence electrons. The van der Waals surface area contributed by atoms with Crippen LogP contribution in [0.4, 0.5) is 0 Å². The number of piperidine rings is 1. The van der Waals surface area contributed by atoms with Crippen LogP contribution < -0.4 is 10.9 Å². The second-order valence-electron chi connectivity index (χ2n) is 5.51. The number of amides is 2. The first-order valence-corrected chi connectivity index (χ1v) is 7.31. The Morgan fingerprint density at radius 1 is 1.48 bits per heavy atom. The van der Waals surface area contributed by atoms with Crippen molar-refractivity contribution in [2.45, 2.75) is 26.2 Å². The summed E-state index contributed by atoms with van der Waals surface area (Å²) in [5.74, 6) is 0.153. The zero-order valence-electron chi connectivity index (χ0n) is 12.2. The maximum Gasteiger partial charge on any atom is 0.260 e. The smallest absolute Gasteiger partial charge is 0.260 e. The Hall–Kier alpha value is -2.11. The number of carbonyl (C=O) groups is 2. The van der Waals surface area contributed by atoms with Gasteiger partial charge in [-0.25, -0.2) is 0 Å². The molecule has 0 aromatic carbocycles. The van der Waals surface area contributed by atoms with E-state index in [1.54, 1.807) is 6.07 Å². The van der Waals surface area contributed by atoms with Crippen LogP contribution >= 0.6 is 0 Å².